The summed E-state index contributed by atoms with van der Waals surface area (Å²) in [5.41, 5.74) is -2.95. The van der Waals surface area contributed by atoms with Gasteiger partial charge in [0.25, 0.3) is 5.56 Å². The summed E-state index contributed by atoms with van der Waals surface area (Å²) in [5, 5.41) is 29.0. The monoisotopic (exact) mass is 288 g/mol. The van der Waals surface area contributed by atoms with Crippen molar-refractivity contribution in [1.82, 2.24) is 9.55 Å². The normalized spacial score (nSPS) is 33.4. The zero-order valence-electron chi connectivity index (χ0n) is 10.9. The highest BCUT2D eigenvalue weighted by Crippen LogP contribution is 2.36. The van der Waals surface area contributed by atoms with E-state index in [0.717, 1.165) is 10.8 Å². The maximum absolute atomic E-state index is 11.8. The molecule has 9 heteroatoms. The zero-order valence-corrected chi connectivity index (χ0v) is 10.9. The molecule has 0 amide bonds. The Morgan fingerprint density at radius 3 is 2.65 bits per heavy atom. The summed E-state index contributed by atoms with van der Waals surface area (Å²) in [6, 6.07) is 0. The first-order valence-corrected chi connectivity index (χ1v) is 5.88. The Kier molecular flexibility index (Phi) is 3.69. The van der Waals surface area contributed by atoms with Crippen LogP contribution in [-0.2, 0) is 4.74 Å². The number of aromatic amines is 1. The van der Waals surface area contributed by atoms with Crippen LogP contribution in [0.1, 0.15) is 13.2 Å². The number of aliphatic hydroxyl groups excluding tert-OH is 3. The maximum Gasteiger partial charge on any atom is 0.330 e. The van der Waals surface area contributed by atoms with Crippen molar-refractivity contribution in [2.45, 2.75) is 31.0 Å². The van der Waals surface area contributed by atoms with E-state index in [2.05, 4.69) is 0 Å². The summed E-state index contributed by atoms with van der Waals surface area (Å²) in [4.78, 5) is 25.2. The summed E-state index contributed by atoms with van der Waals surface area (Å²) in [5.74, 6) is -0.146. The van der Waals surface area contributed by atoms with Gasteiger partial charge in [-0.2, -0.15) is 0 Å². The summed E-state index contributed by atoms with van der Waals surface area (Å²) >= 11 is 0. The molecule has 20 heavy (non-hydrogen) atoms. The SMILES string of the molecule is COc1cn([C@@H]2O[C@](C)(CO)C(O)C2O)c(=O)[nH]c1=O. The molecular weight excluding hydrogens is 272 g/mol. The molecular formula is C11H16N2O7. The van der Waals surface area contributed by atoms with Gasteiger partial charge in [0.1, 0.15) is 17.8 Å². The number of aliphatic hydroxyl groups is 3. The Morgan fingerprint density at radius 1 is 1.50 bits per heavy atom. The fraction of sp³-hybridized carbons (Fsp3) is 0.636. The lowest BCUT2D eigenvalue weighted by atomic mass is 9.99. The summed E-state index contributed by atoms with van der Waals surface area (Å²) in [6.07, 6.45) is -3.01. The van der Waals surface area contributed by atoms with Gasteiger partial charge in [0.05, 0.1) is 19.9 Å². The Bertz CT molecular complexity index is 610. The lowest BCUT2D eigenvalue weighted by Crippen LogP contribution is -2.43. The number of H-pyrrole nitrogens is 1. The second-order valence-corrected chi connectivity index (χ2v) is 4.78. The van der Waals surface area contributed by atoms with Crippen LogP contribution in [0.25, 0.3) is 0 Å². The minimum absolute atomic E-state index is 0.146. The van der Waals surface area contributed by atoms with Crippen LogP contribution < -0.4 is 16.0 Å². The zero-order chi connectivity index (χ0) is 15.1. The molecule has 1 saturated heterocycles. The molecule has 1 fully saturated rings. The molecule has 4 atom stereocenters. The number of nitrogens with zero attached hydrogens (tertiary/aromatic N) is 1. The van der Waals surface area contributed by atoms with Crippen LogP contribution >= 0.6 is 0 Å². The van der Waals surface area contributed by atoms with Gasteiger partial charge in [0.15, 0.2) is 6.23 Å². The van der Waals surface area contributed by atoms with Crippen molar-refractivity contribution in [3.05, 3.63) is 27.0 Å². The standard InChI is InChI=1S/C11H16N2O7/c1-11(4-14)7(16)6(15)9(20-11)13-3-5(19-2)8(17)12-10(13)18/h3,6-7,9,14-16H,4H2,1-2H3,(H,12,17,18)/t6?,7?,9-,11-/m1/s1. The molecule has 112 valence electrons. The topological polar surface area (TPSA) is 134 Å². The molecule has 1 aliphatic heterocycles. The molecule has 1 aliphatic rings. The molecule has 0 aliphatic carbocycles. The third-order valence-electron chi connectivity index (χ3n) is 3.37. The van der Waals surface area contributed by atoms with Gasteiger partial charge < -0.3 is 24.8 Å². The first-order valence-electron chi connectivity index (χ1n) is 5.88. The maximum atomic E-state index is 11.8. The Hall–Kier alpha value is -1.68. The highest BCUT2D eigenvalue weighted by molar-refractivity contribution is 5.13. The third kappa shape index (κ3) is 2.14. The smallest absolute Gasteiger partial charge is 0.330 e. The molecule has 0 saturated carbocycles. The van der Waals surface area contributed by atoms with E-state index in [-0.39, 0.29) is 5.75 Å². The van der Waals surface area contributed by atoms with E-state index in [4.69, 9.17) is 9.47 Å². The van der Waals surface area contributed by atoms with E-state index in [1.54, 1.807) is 0 Å². The van der Waals surface area contributed by atoms with Gasteiger partial charge in [0, 0.05) is 0 Å². The number of methoxy groups -OCH3 is 1. The average molecular weight is 288 g/mol. The van der Waals surface area contributed by atoms with E-state index >= 15 is 0 Å². The molecule has 1 aromatic heterocycles. The second-order valence-electron chi connectivity index (χ2n) is 4.78. The molecule has 1 aromatic rings. The van der Waals surface area contributed by atoms with Crippen molar-refractivity contribution >= 4 is 0 Å². The highest BCUT2D eigenvalue weighted by Gasteiger charge is 2.52. The van der Waals surface area contributed by atoms with Crippen molar-refractivity contribution in [2.24, 2.45) is 0 Å². The quantitative estimate of drug-likeness (QED) is 0.485. The van der Waals surface area contributed by atoms with Gasteiger partial charge in [0.2, 0.25) is 5.75 Å². The summed E-state index contributed by atoms with van der Waals surface area (Å²) in [7, 11) is 1.25. The van der Waals surface area contributed by atoms with Gasteiger partial charge in [-0.25, -0.2) is 4.79 Å². The highest BCUT2D eigenvalue weighted by atomic mass is 16.6. The van der Waals surface area contributed by atoms with E-state index in [1.165, 1.54) is 14.0 Å². The third-order valence-corrected chi connectivity index (χ3v) is 3.37. The van der Waals surface area contributed by atoms with Crippen molar-refractivity contribution < 1.29 is 24.8 Å². The van der Waals surface area contributed by atoms with E-state index < -0.39 is 41.9 Å². The molecule has 0 spiro atoms. The molecule has 2 rings (SSSR count). The largest absolute Gasteiger partial charge is 0.490 e. The first-order chi connectivity index (χ1) is 9.34. The number of rotatable bonds is 3. The van der Waals surface area contributed by atoms with Crippen LogP contribution in [0.2, 0.25) is 0 Å². The van der Waals surface area contributed by atoms with Gasteiger partial charge in [-0.15, -0.1) is 0 Å². The van der Waals surface area contributed by atoms with Crippen molar-refractivity contribution in [3.8, 4) is 5.75 Å². The fourth-order valence-corrected chi connectivity index (χ4v) is 2.09. The second kappa shape index (κ2) is 5.02. The first kappa shape index (κ1) is 14.7. The predicted molar refractivity (Wildman–Crippen MR) is 65.5 cm³/mol. The van der Waals surface area contributed by atoms with Crippen LogP contribution in [0.4, 0.5) is 0 Å². The molecule has 4 N–H and O–H groups in total. The average Bonchev–Trinajstić information content (AvgIpc) is 2.64. The van der Waals surface area contributed by atoms with Gasteiger partial charge in [-0.3, -0.25) is 14.3 Å². The number of nitrogens with one attached hydrogen (secondary N) is 1. The number of ether oxygens (including phenoxy) is 2. The lowest BCUT2D eigenvalue weighted by Gasteiger charge is -2.24. The molecule has 2 heterocycles. The van der Waals surface area contributed by atoms with Gasteiger partial charge in [-0.1, -0.05) is 0 Å². The van der Waals surface area contributed by atoms with E-state index in [9.17, 15) is 24.9 Å². The Balaban J connectivity index is 2.48. The van der Waals surface area contributed by atoms with Crippen LogP contribution in [0.15, 0.2) is 15.8 Å². The fourth-order valence-electron chi connectivity index (χ4n) is 2.09. The Morgan fingerprint density at radius 2 is 2.15 bits per heavy atom. The Labute approximate surface area is 113 Å². The predicted octanol–water partition coefficient (Wildman–Crippen LogP) is -2.45. The molecule has 0 radical (unpaired) electrons. The lowest BCUT2D eigenvalue weighted by molar-refractivity contribution is -0.118. The molecule has 2 unspecified atom stereocenters. The van der Waals surface area contributed by atoms with Crippen LogP contribution in [0.5, 0.6) is 5.75 Å². The number of aromatic nitrogens is 2. The minimum Gasteiger partial charge on any atom is -0.490 e. The number of hydrogen-bond acceptors (Lipinski definition) is 7. The number of hydrogen-bond donors (Lipinski definition) is 4. The van der Waals surface area contributed by atoms with Crippen molar-refractivity contribution in [2.75, 3.05) is 13.7 Å². The van der Waals surface area contributed by atoms with Crippen LogP contribution in [-0.4, -0.2) is 56.4 Å². The van der Waals surface area contributed by atoms with Gasteiger partial charge in [-0.05, 0) is 6.92 Å². The van der Waals surface area contributed by atoms with E-state index in [0.29, 0.717) is 0 Å². The van der Waals surface area contributed by atoms with Crippen molar-refractivity contribution in [3.63, 3.8) is 0 Å². The van der Waals surface area contributed by atoms with Crippen LogP contribution in [0, 0.1) is 0 Å². The van der Waals surface area contributed by atoms with E-state index in [1.807, 2.05) is 4.98 Å². The summed E-state index contributed by atoms with van der Waals surface area (Å²) < 4.78 is 11.1. The van der Waals surface area contributed by atoms with Gasteiger partial charge >= 0.3 is 5.69 Å². The molecule has 9 nitrogen and oxygen atoms in total. The summed E-state index contributed by atoms with van der Waals surface area (Å²) in [6.45, 7) is 0.853. The molecule has 0 bridgehead atoms. The molecule has 0 aromatic carbocycles. The van der Waals surface area contributed by atoms with Crippen LogP contribution in [0.3, 0.4) is 0 Å². The van der Waals surface area contributed by atoms with Crippen molar-refractivity contribution in [1.29, 1.82) is 0 Å². The minimum atomic E-state index is -1.44.